The Morgan fingerprint density at radius 1 is 1.17 bits per heavy atom. The minimum Gasteiger partial charge on any atom is -0.489 e. The van der Waals surface area contributed by atoms with Gasteiger partial charge in [-0.15, -0.1) is 0 Å². The van der Waals surface area contributed by atoms with Crippen LogP contribution in [0.3, 0.4) is 0 Å². The minimum absolute atomic E-state index is 0.0163. The summed E-state index contributed by atoms with van der Waals surface area (Å²) in [6.45, 7) is 0.185. The maximum Gasteiger partial charge on any atom is 0.335 e. The molecule has 0 unspecified atom stereocenters. The fourth-order valence-electron chi connectivity index (χ4n) is 2.31. The number of carboxylic acid groups (broad SMARTS) is 1. The average Bonchev–Trinajstić information content (AvgIpc) is 2.54. The molecule has 120 valence electrons. The van der Waals surface area contributed by atoms with E-state index in [-0.39, 0.29) is 35.0 Å². The lowest BCUT2D eigenvalue weighted by atomic mass is 10.2. The summed E-state index contributed by atoms with van der Waals surface area (Å²) in [6.07, 6.45) is 0. The number of aromatic carboxylic acids is 1. The van der Waals surface area contributed by atoms with Gasteiger partial charge in [-0.25, -0.2) is 17.6 Å². The first-order valence-electron chi connectivity index (χ1n) is 6.68. The second kappa shape index (κ2) is 5.54. The molecule has 23 heavy (non-hydrogen) atoms. The molecular formula is C15H12FNO5S. The Hall–Kier alpha value is -2.61. The van der Waals surface area contributed by atoms with Gasteiger partial charge < -0.3 is 9.84 Å². The molecule has 6 nitrogen and oxygen atoms in total. The lowest BCUT2D eigenvalue weighted by Crippen LogP contribution is -2.38. The van der Waals surface area contributed by atoms with Crippen LogP contribution in [0.4, 0.5) is 10.1 Å². The van der Waals surface area contributed by atoms with Crippen molar-refractivity contribution in [3.8, 4) is 5.75 Å². The third kappa shape index (κ3) is 2.72. The molecular weight excluding hydrogens is 325 g/mol. The van der Waals surface area contributed by atoms with E-state index in [0.29, 0.717) is 0 Å². The van der Waals surface area contributed by atoms with Gasteiger partial charge in [0, 0.05) is 6.07 Å². The monoisotopic (exact) mass is 337 g/mol. The fraction of sp³-hybridized carbons (Fsp3) is 0.133. The average molecular weight is 337 g/mol. The van der Waals surface area contributed by atoms with Gasteiger partial charge in [0.05, 0.1) is 22.7 Å². The maximum atomic E-state index is 13.5. The Bertz CT molecular complexity index is 864. The molecule has 1 N–H and O–H groups in total. The van der Waals surface area contributed by atoms with E-state index >= 15 is 0 Å². The molecule has 3 rings (SSSR count). The van der Waals surface area contributed by atoms with Gasteiger partial charge >= 0.3 is 5.97 Å². The SMILES string of the molecule is O=C(O)c1ccc(S(=O)(=O)N2CCOc3ccc(F)cc32)cc1. The number of hydrogen-bond acceptors (Lipinski definition) is 4. The standard InChI is InChI=1S/C15H12FNO5S/c16-11-3-6-14-13(9-11)17(7-8-22-14)23(20,21)12-4-1-10(2-5-12)15(18)19/h1-6,9H,7-8H2,(H,18,19). The highest BCUT2D eigenvalue weighted by molar-refractivity contribution is 7.92. The molecule has 0 spiro atoms. The van der Waals surface area contributed by atoms with Crippen LogP contribution in [-0.2, 0) is 10.0 Å². The van der Waals surface area contributed by atoms with Gasteiger partial charge in [0.1, 0.15) is 18.2 Å². The Labute approximate surface area is 131 Å². The molecule has 2 aromatic rings. The highest BCUT2D eigenvalue weighted by atomic mass is 32.2. The molecule has 0 bridgehead atoms. The van der Waals surface area contributed by atoms with Gasteiger partial charge in [-0.05, 0) is 36.4 Å². The number of hydrogen-bond donors (Lipinski definition) is 1. The quantitative estimate of drug-likeness (QED) is 0.927. The third-order valence-electron chi connectivity index (χ3n) is 3.43. The molecule has 0 aliphatic carbocycles. The largest absolute Gasteiger partial charge is 0.489 e. The molecule has 0 amide bonds. The molecule has 0 atom stereocenters. The first kappa shape index (κ1) is 15.3. The summed E-state index contributed by atoms with van der Waals surface area (Å²) in [5, 5.41) is 8.87. The van der Waals surface area contributed by atoms with Gasteiger partial charge in [0.15, 0.2) is 0 Å². The van der Waals surface area contributed by atoms with E-state index < -0.39 is 21.8 Å². The van der Waals surface area contributed by atoms with E-state index in [1.807, 2.05) is 0 Å². The molecule has 1 aliphatic rings. The van der Waals surface area contributed by atoms with E-state index in [9.17, 15) is 17.6 Å². The van der Waals surface area contributed by atoms with Crippen LogP contribution >= 0.6 is 0 Å². The third-order valence-corrected chi connectivity index (χ3v) is 5.26. The number of nitrogens with zero attached hydrogens (tertiary/aromatic N) is 1. The molecule has 0 radical (unpaired) electrons. The van der Waals surface area contributed by atoms with Crippen molar-refractivity contribution in [1.29, 1.82) is 0 Å². The van der Waals surface area contributed by atoms with Crippen LogP contribution in [0.1, 0.15) is 10.4 Å². The highest BCUT2D eigenvalue weighted by Crippen LogP contribution is 2.35. The topological polar surface area (TPSA) is 83.9 Å². The van der Waals surface area contributed by atoms with Crippen molar-refractivity contribution >= 4 is 21.7 Å². The van der Waals surface area contributed by atoms with Crippen molar-refractivity contribution in [3.05, 3.63) is 53.8 Å². The maximum absolute atomic E-state index is 13.5. The van der Waals surface area contributed by atoms with Crippen molar-refractivity contribution in [1.82, 2.24) is 0 Å². The number of halogens is 1. The molecule has 1 aliphatic heterocycles. The van der Waals surface area contributed by atoms with Crippen LogP contribution in [0.25, 0.3) is 0 Å². The number of benzene rings is 2. The van der Waals surface area contributed by atoms with Gasteiger partial charge in [0.25, 0.3) is 10.0 Å². The number of ether oxygens (including phenoxy) is 1. The van der Waals surface area contributed by atoms with Crippen molar-refractivity contribution < 1.29 is 27.4 Å². The van der Waals surface area contributed by atoms with E-state index in [2.05, 4.69) is 0 Å². The summed E-state index contributed by atoms with van der Waals surface area (Å²) in [5.74, 6) is -1.44. The molecule has 0 aromatic heterocycles. The number of anilines is 1. The van der Waals surface area contributed by atoms with Crippen LogP contribution in [-0.4, -0.2) is 32.6 Å². The fourth-order valence-corrected chi connectivity index (χ4v) is 3.76. The zero-order valence-corrected chi connectivity index (χ0v) is 12.6. The number of rotatable bonds is 3. The van der Waals surface area contributed by atoms with Crippen molar-refractivity contribution in [2.24, 2.45) is 0 Å². The Balaban J connectivity index is 2.04. The Morgan fingerprint density at radius 3 is 2.52 bits per heavy atom. The first-order valence-corrected chi connectivity index (χ1v) is 8.12. The molecule has 1 heterocycles. The summed E-state index contributed by atoms with van der Waals surface area (Å²) in [4.78, 5) is 10.8. The van der Waals surface area contributed by atoms with Crippen LogP contribution in [0.2, 0.25) is 0 Å². The van der Waals surface area contributed by atoms with Gasteiger partial charge in [0.2, 0.25) is 0 Å². The highest BCUT2D eigenvalue weighted by Gasteiger charge is 2.30. The second-order valence-corrected chi connectivity index (χ2v) is 6.73. The minimum atomic E-state index is -3.94. The molecule has 0 saturated heterocycles. The molecule has 0 fully saturated rings. The van der Waals surface area contributed by atoms with Crippen LogP contribution in [0, 0.1) is 5.82 Å². The van der Waals surface area contributed by atoms with E-state index in [1.165, 1.54) is 36.4 Å². The second-order valence-electron chi connectivity index (χ2n) is 4.87. The van der Waals surface area contributed by atoms with E-state index in [4.69, 9.17) is 9.84 Å². The van der Waals surface area contributed by atoms with E-state index in [1.54, 1.807) is 0 Å². The van der Waals surface area contributed by atoms with Gasteiger partial charge in [-0.3, -0.25) is 4.31 Å². The zero-order chi connectivity index (χ0) is 16.6. The normalized spacial score (nSPS) is 14.0. The van der Waals surface area contributed by atoms with Crippen molar-refractivity contribution in [3.63, 3.8) is 0 Å². The summed E-state index contributed by atoms with van der Waals surface area (Å²) in [5.41, 5.74) is 0.107. The summed E-state index contributed by atoms with van der Waals surface area (Å²) < 4.78 is 45.3. The van der Waals surface area contributed by atoms with Crippen LogP contribution < -0.4 is 9.04 Å². The summed E-state index contributed by atoms with van der Waals surface area (Å²) >= 11 is 0. The van der Waals surface area contributed by atoms with Gasteiger partial charge in [-0.1, -0.05) is 0 Å². The smallest absolute Gasteiger partial charge is 0.335 e. The summed E-state index contributed by atoms with van der Waals surface area (Å²) in [6, 6.07) is 8.51. The number of carboxylic acids is 1. The van der Waals surface area contributed by atoms with E-state index in [0.717, 1.165) is 10.4 Å². The van der Waals surface area contributed by atoms with Crippen LogP contribution in [0.15, 0.2) is 47.4 Å². The van der Waals surface area contributed by atoms with Crippen LogP contribution in [0.5, 0.6) is 5.75 Å². The first-order chi connectivity index (χ1) is 10.9. The molecule has 2 aromatic carbocycles. The number of sulfonamides is 1. The van der Waals surface area contributed by atoms with Gasteiger partial charge in [-0.2, -0.15) is 0 Å². The van der Waals surface area contributed by atoms with Crippen molar-refractivity contribution in [2.45, 2.75) is 4.90 Å². The number of fused-ring (bicyclic) bond motifs is 1. The zero-order valence-electron chi connectivity index (χ0n) is 11.8. The predicted molar refractivity (Wildman–Crippen MR) is 79.8 cm³/mol. The Morgan fingerprint density at radius 2 is 1.87 bits per heavy atom. The summed E-state index contributed by atoms with van der Waals surface area (Å²) in [7, 11) is -3.94. The lowest BCUT2D eigenvalue weighted by molar-refractivity contribution is 0.0696. The molecule has 0 saturated carbocycles. The Kier molecular flexibility index (Phi) is 3.69. The lowest BCUT2D eigenvalue weighted by Gasteiger charge is -2.30. The number of carbonyl (C=O) groups is 1. The van der Waals surface area contributed by atoms with Crippen molar-refractivity contribution in [2.75, 3.05) is 17.5 Å². The molecule has 8 heteroatoms. The predicted octanol–water partition coefficient (Wildman–Crippen LogP) is 2.11.